The second kappa shape index (κ2) is 8.63. The van der Waals surface area contributed by atoms with E-state index in [9.17, 15) is 4.79 Å². The minimum absolute atomic E-state index is 0.156. The molecule has 0 unspecified atom stereocenters. The van der Waals surface area contributed by atoms with Crippen molar-refractivity contribution in [2.45, 2.75) is 13.5 Å². The molecule has 0 aliphatic heterocycles. The molecule has 0 fully saturated rings. The van der Waals surface area contributed by atoms with Gasteiger partial charge < -0.3 is 9.88 Å². The lowest BCUT2D eigenvalue weighted by Gasteiger charge is -2.09. The molecule has 0 saturated heterocycles. The minimum Gasteiger partial charge on any atom is -0.346 e. The van der Waals surface area contributed by atoms with Gasteiger partial charge >= 0.3 is 0 Å². The van der Waals surface area contributed by atoms with Gasteiger partial charge in [-0.2, -0.15) is 0 Å². The molecule has 2 aromatic heterocycles. The maximum atomic E-state index is 13.0. The molecule has 1 N–H and O–H groups in total. The van der Waals surface area contributed by atoms with Gasteiger partial charge in [0.25, 0.3) is 5.91 Å². The number of pyridine rings is 1. The van der Waals surface area contributed by atoms with Crippen LogP contribution in [0.4, 0.5) is 0 Å². The van der Waals surface area contributed by atoms with E-state index < -0.39 is 0 Å². The molecule has 4 aromatic rings. The van der Waals surface area contributed by atoms with Crippen LogP contribution in [0.15, 0.2) is 65.5 Å². The number of carbonyl (C=O) groups is 1. The Morgan fingerprint density at radius 2 is 2.03 bits per heavy atom. The van der Waals surface area contributed by atoms with Crippen molar-refractivity contribution in [1.29, 1.82) is 0 Å². The Hall–Kier alpha value is -3.25. The fourth-order valence-corrected chi connectivity index (χ4v) is 3.63. The van der Waals surface area contributed by atoms with Gasteiger partial charge in [-0.25, -0.2) is 9.97 Å². The van der Waals surface area contributed by atoms with E-state index >= 15 is 0 Å². The van der Waals surface area contributed by atoms with Crippen LogP contribution in [0.25, 0.3) is 23.1 Å². The van der Waals surface area contributed by atoms with Gasteiger partial charge in [0.05, 0.1) is 35.3 Å². The third-order valence-electron chi connectivity index (χ3n) is 4.71. The predicted octanol–water partition coefficient (Wildman–Crippen LogP) is 5.14. The average Bonchev–Trinajstić information content (AvgIpc) is 3.15. The fourth-order valence-electron chi connectivity index (χ4n) is 3.27. The second-order valence-corrected chi connectivity index (χ2v) is 8.13. The number of benzene rings is 2. The van der Waals surface area contributed by atoms with Gasteiger partial charge in [-0.05, 0) is 42.8 Å². The number of hydrogen-bond donors (Lipinski definition) is 1. The van der Waals surface area contributed by atoms with Crippen LogP contribution in [0, 0.1) is 6.92 Å². The van der Waals surface area contributed by atoms with Crippen LogP contribution in [-0.2, 0) is 13.6 Å². The van der Waals surface area contributed by atoms with Crippen molar-refractivity contribution in [3.8, 4) is 0 Å². The fraction of sp³-hybridized carbons (Fsp3) is 0.125. The molecule has 2 aromatic carbocycles. The molecule has 30 heavy (non-hydrogen) atoms. The van der Waals surface area contributed by atoms with Crippen LogP contribution < -0.4 is 5.32 Å². The molecule has 5 nitrogen and oxygen atoms in total. The molecule has 0 bridgehead atoms. The first-order valence-corrected chi connectivity index (χ1v) is 10.4. The molecular weight excluding hydrogens is 440 g/mol. The summed E-state index contributed by atoms with van der Waals surface area (Å²) in [7, 11) is 1.90. The highest BCUT2D eigenvalue weighted by Crippen LogP contribution is 2.24. The molecule has 0 radical (unpaired) electrons. The third kappa shape index (κ3) is 4.66. The van der Waals surface area contributed by atoms with E-state index in [-0.39, 0.29) is 5.91 Å². The smallest absolute Gasteiger partial charge is 0.252 e. The summed E-state index contributed by atoms with van der Waals surface area (Å²) >= 11 is 3.49. The lowest BCUT2D eigenvalue weighted by molar-refractivity contribution is 0.0952. The molecule has 0 atom stereocenters. The van der Waals surface area contributed by atoms with Crippen molar-refractivity contribution >= 4 is 44.9 Å². The first kappa shape index (κ1) is 20.0. The second-order valence-electron chi connectivity index (χ2n) is 7.22. The van der Waals surface area contributed by atoms with E-state index in [1.807, 2.05) is 66.4 Å². The Morgan fingerprint density at radius 3 is 2.80 bits per heavy atom. The first-order valence-electron chi connectivity index (χ1n) is 9.58. The van der Waals surface area contributed by atoms with E-state index in [1.165, 1.54) is 5.56 Å². The Balaban J connectivity index is 1.67. The van der Waals surface area contributed by atoms with Gasteiger partial charge in [-0.3, -0.25) is 4.79 Å². The Labute approximate surface area is 183 Å². The summed E-state index contributed by atoms with van der Waals surface area (Å²) in [5.74, 6) is -0.156. The van der Waals surface area contributed by atoms with Crippen LogP contribution in [0.1, 0.15) is 32.9 Å². The molecule has 0 aliphatic carbocycles. The van der Waals surface area contributed by atoms with Crippen molar-refractivity contribution in [2.24, 2.45) is 7.05 Å². The Bertz CT molecular complexity index is 1260. The van der Waals surface area contributed by atoms with E-state index in [0.29, 0.717) is 12.1 Å². The molecular formula is C24H21BrN4O. The highest BCUT2D eigenvalue weighted by molar-refractivity contribution is 9.10. The predicted molar refractivity (Wildman–Crippen MR) is 124 cm³/mol. The largest absolute Gasteiger partial charge is 0.346 e. The number of carbonyl (C=O) groups excluding carboxylic acids is 1. The topological polar surface area (TPSA) is 59.8 Å². The maximum absolute atomic E-state index is 13.0. The van der Waals surface area contributed by atoms with E-state index in [0.717, 1.165) is 32.3 Å². The molecule has 0 spiro atoms. The maximum Gasteiger partial charge on any atom is 0.252 e. The number of amides is 1. The lowest BCUT2D eigenvalue weighted by Crippen LogP contribution is -2.23. The molecule has 2 heterocycles. The number of nitrogens with one attached hydrogen (secondary N) is 1. The Morgan fingerprint density at radius 1 is 1.17 bits per heavy atom. The first-order chi connectivity index (χ1) is 14.5. The quantitative estimate of drug-likeness (QED) is 0.448. The zero-order chi connectivity index (χ0) is 21.1. The zero-order valence-electron chi connectivity index (χ0n) is 16.8. The van der Waals surface area contributed by atoms with E-state index in [1.54, 1.807) is 6.33 Å². The van der Waals surface area contributed by atoms with Crippen molar-refractivity contribution in [1.82, 2.24) is 19.9 Å². The van der Waals surface area contributed by atoms with Crippen molar-refractivity contribution < 1.29 is 4.79 Å². The number of rotatable bonds is 5. The van der Waals surface area contributed by atoms with Gasteiger partial charge in [-0.15, -0.1) is 0 Å². The number of fused-ring (bicyclic) bond motifs is 1. The molecule has 0 saturated carbocycles. The summed E-state index contributed by atoms with van der Waals surface area (Å²) in [6.07, 6.45) is 7.55. The van der Waals surface area contributed by atoms with E-state index in [2.05, 4.69) is 45.3 Å². The zero-order valence-corrected chi connectivity index (χ0v) is 18.3. The number of aryl methyl sites for hydroxylation is 2. The molecule has 4 rings (SSSR count). The lowest BCUT2D eigenvalue weighted by atomic mass is 10.1. The molecule has 0 aliphatic rings. The normalized spacial score (nSPS) is 11.3. The number of imidazole rings is 1. The summed E-state index contributed by atoms with van der Waals surface area (Å²) < 4.78 is 2.76. The highest BCUT2D eigenvalue weighted by Gasteiger charge is 2.13. The van der Waals surface area contributed by atoms with Gasteiger partial charge in [0.15, 0.2) is 0 Å². The summed E-state index contributed by atoms with van der Waals surface area (Å²) in [4.78, 5) is 22.0. The van der Waals surface area contributed by atoms with Gasteiger partial charge in [-0.1, -0.05) is 51.8 Å². The van der Waals surface area contributed by atoms with Gasteiger partial charge in [0.1, 0.15) is 0 Å². The number of halogens is 1. The average molecular weight is 461 g/mol. The highest BCUT2D eigenvalue weighted by atomic mass is 79.9. The van der Waals surface area contributed by atoms with Crippen LogP contribution in [0.3, 0.4) is 0 Å². The number of nitrogens with zero attached hydrogens (tertiary/aromatic N) is 3. The summed E-state index contributed by atoms with van der Waals surface area (Å²) in [5.41, 5.74) is 5.19. The van der Waals surface area contributed by atoms with Gasteiger partial charge in [0, 0.05) is 23.1 Å². The molecule has 1 amide bonds. The summed E-state index contributed by atoms with van der Waals surface area (Å²) in [6, 6.07) is 15.8. The number of hydrogen-bond acceptors (Lipinski definition) is 3. The van der Waals surface area contributed by atoms with Crippen LogP contribution in [0.5, 0.6) is 0 Å². The van der Waals surface area contributed by atoms with Crippen molar-refractivity contribution in [3.63, 3.8) is 0 Å². The standard InChI is InChI=1S/C24H21BrN4O/c1-16-4-3-5-17(10-16)6-8-19-12-22(21-11-18(25)7-9-23(21)28-19)24(30)26-13-20-14-29(2)15-27-20/h3-12,14-15H,13H2,1-2H3,(H,26,30)/b8-6+. The SMILES string of the molecule is Cc1cccc(/C=C/c2cc(C(=O)NCc3cn(C)cn3)c3cc(Br)ccc3n2)c1. The van der Waals surface area contributed by atoms with Gasteiger partial charge in [0.2, 0.25) is 0 Å². The minimum atomic E-state index is -0.156. The van der Waals surface area contributed by atoms with E-state index in [4.69, 9.17) is 4.98 Å². The van der Waals surface area contributed by atoms with Crippen molar-refractivity contribution in [3.05, 3.63) is 93.6 Å². The van der Waals surface area contributed by atoms with Crippen molar-refractivity contribution in [2.75, 3.05) is 0 Å². The number of aromatic nitrogens is 3. The van der Waals surface area contributed by atoms with Crippen LogP contribution in [0.2, 0.25) is 0 Å². The molecule has 6 heteroatoms. The molecule has 150 valence electrons. The summed E-state index contributed by atoms with van der Waals surface area (Å²) in [5, 5.41) is 3.77. The Kier molecular flexibility index (Phi) is 5.77. The van der Waals surface area contributed by atoms with Crippen LogP contribution in [-0.4, -0.2) is 20.4 Å². The third-order valence-corrected chi connectivity index (χ3v) is 5.21. The summed E-state index contributed by atoms with van der Waals surface area (Å²) in [6.45, 7) is 2.43. The monoisotopic (exact) mass is 460 g/mol. The van der Waals surface area contributed by atoms with Crippen LogP contribution >= 0.6 is 15.9 Å².